The van der Waals surface area contributed by atoms with Crippen molar-refractivity contribution in [3.8, 4) is 0 Å². The van der Waals surface area contributed by atoms with E-state index in [9.17, 15) is 19.5 Å². The van der Waals surface area contributed by atoms with Crippen LogP contribution in [0, 0.1) is 0 Å². The number of nitrogens with zero attached hydrogens (tertiary/aromatic N) is 1. The van der Waals surface area contributed by atoms with Crippen LogP contribution in [0.25, 0.3) is 0 Å². The summed E-state index contributed by atoms with van der Waals surface area (Å²) in [6, 6.07) is -0.743. The smallest absolute Gasteiger partial charge is 0.303 e. The van der Waals surface area contributed by atoms with Crippen molar-refractivity contribution in [2.24, 2.45) is 0 Å². The molecule has 6 nitrogen and oxygen atoms in total. The van der Waals surface area contributed by atoms with Gasteiger partial charge < -0.3 is 15.3 Å². The van der Waals surface area contributed by atoms with Gasteiger partial charge in [-0.05, 0) is 25.7 Å². The van der Waals surface area contributed by atoms with Gasteiger partial charge in [-0.15, -0.1) is 0 Å². The van der Waals surface area contributed by atoms with Crippen molar-refractivity contribution in [1.82, 2.24) is 10.2 Å². The van der Waals surface area contributed by atoms with Crippen LogP contribution in [0.4, 0.5) is 0 Å². The van der Waals surface area contributed by atoms with Gasteiger partial charge in [-0.25, -0.2) is 0 Å². The van der Waals surface area contributed by atoms with Crippen LogP contribution in [-0.4, -0.2) is 46.9 Å². The molecule has 0 aliphatic heterocycles. The van der Waals surface area contributed by atoms with Crippen molar-refractivity contribution in [2.75, 3.05) is 13.1 Å². The van der Waals surface area contributed by atoms with Gasteiger partial charge >= 0.3 is 5.97 Å². The van der Waals surface area contributed by atoms with Crippen LogP contribution < -0.4 is 5.32 Å². The standard InChI is InChI=1S/C33H64N2O4/c1-4-7-10-13-16-17-18-19-22-25-31(36)34-30(26-27-32(37)38)33(39)35(28-23-20-14-11-8-5-2)29-24-21-15-12-9-6-3/h30H,4-29H2,1-3H3,(H,34,36)(H,37,38)/t30-/m0/s1. The number of carboxylic acid groups (broad SMARTS) is 1. The van der Waals surface area contributed by atoms with Gasteiger partial charge in [-0.1, -0.05) is 136 Å². The van der Waals surface area contributed by atoms with Crippen LogP contribution in [-0.2, 0) is 14.4 Å². The van der Waals surface area contributed by atoms with E-state index in [1.54, 1.807) is 0 Å². The number of rotatable bonds is 29. The van der Waals surface area contributed by atoms with Crippen molar-refractivity contribution >= 4 is 17.8 Å². The van der Waals surface area contributed by atoms with Crippen molar-refractivity contribution in [3.63, 3.8) is 0 Å². The number of unbranched alkanes of at least 4 members (excludes halogenated alkanes) is 18. The Morgan fingerprint density at radius 2 is 0.949 bits per heavy atom. The van der Waals surface area contributed by atoms with Gasteiger partial charge in [0.2, 0.25) is 11.8 Å². The van der Waals surface area contributed by atoms with E-state index < -0.39 is 12.0 Å². The lowest BCUT2D eigenvalue weighted by Crippen LogP contribution is -2.49. The molecule has 0 aromatic carbocycles. The van der Waals surface area contributed by atoms with Crippen molar-refractivity contribution in [2.45, 2.75) is 181 Å². The van der Waals surface area contributed by atoms with Crippen LogP contribution in [0.15, 0.2) is 0 Å². The molecule has 39 heavy (non-hydrogen) atoms. The first-order valence-electron chi connectivity index (χ1n) is 16.8. The van der Waals surface area contributed by atoms with E-state index >= 15 is 0 Å². The fourth-order valence-electron chi connectivity index (χ4n) is 5.11. The van der Waals surface area contributed by atoms with E-state index in [2.05, 4.69) is 26.1 Å². The lowest BCUT2D eigenvalue weighted by molar-refractivity contribution is -0.139. The average molecular weight is 553 g/mol. The van der Waals surface area contributed by atoms with E-state index in [0.717, 1.165) is 44.9 Å². The molecule has 230 valence electrons. The largest absolute Gasteiger partial charge is 0.481 e. The third-order valence-electron chi connectivity index (χ3n) is 7.66. The van der Waals surface area contributed by atoms with Crippen molar-refractivity contribution < 1.29 is 19.5 Å². The number of nitrogens with one attached hydrogen (secondary N) is 1. The minimum absolute atomic E-state index is 0.0983. The lowest BCUT2D eigenvalue weighted by Gasteiger charge is -2.28. The summed E-state index contributed by atoms with van der Waals surface area (Å²) in [5, 5.41) is 12.2. The number of carbonyl (C=O) groups excluding carboxylic acids is 2. The second-order valence-corrected chi connectivity index (χ2v) is 11.5. The van der Waals surface area contributed by atoms with E-state index in [1.165, 1.54) is 89.9 Å². The van der Waals surface area contributed by atoms with Gasteiger partial charge in [-0.3, -0.25) is 14.4 Å². The summed E-state index contributed by atoms with van der Waals surface area (Å²) in [6.07, 6.45) is 25.0. The van der Waals surface area contributed by atoms with E-state index in [0.29, 0.717) is 19.5 Å². The summed E-state index contributed by atoms with van der Waals surface area (Å²) in [5.74, 6) is -1.15. The molecule has 6 heteroatoms. The summed E-state index contributed by atoms with van der Waals surface area (Å²) in [7, 11) is 0. The SMILES string of the molecule is CCCCCCCCCCCC(=O)N[C@@H](CCC(=O)O)C(=O)N(CCCCCCCC)CCCCCCCC. The lowest BCUT2D eigenvalue weighted by atomic mass is 10.1. The van der Waals surface area contributed by atoms with Gasteiger partial charge in [-0.2, -0.15) is 0 Å². The minimum atomic E-state index is -0.931. The molecule has 0 bridgehead atoms. The zero-order chi connectivity index (χ0) is 29.0. The first-order chi connectivity index (χ1) is 19.0. The molecule has 2 N–H and O–H groups in total. The molecule has 0 aromatic rings. The van der Waals surface area contributed by atoms with Crippen LogP contribution in [0.2, 0.25) is 0 Å². The Kier molecular flexibility index (Phi) is 26.8. The fraction of sp³-hybridized carbons (Fsp3) is 0.909. The summed E-state index contributed by atoms with van der Waals surface area (Å²) in [6.45, 7) is 8.03. The number of hydrogen-bond donors (Lipinski definition) is 2. The zero-order valence-electron chi connectivity index (χ0n) is 26.1. The minimum Gasteiger partial charge on any atom is -0.481 e. The third-order valence-corrected chi connectivity index (χ3v) is 7.66. The van der Waals surface area contributed by atoms with Gasteiger partial charge in [0.15, 0.2) is 0 Å². The maximum Gasteiger partial charge on any atom is 0.303 e. The summed E-state index contributed by atoms with van der Waals surface area (Å²) in [4.78, 5) is 39.5. The molecule has 0 rings (SSSR count). The third kappa shape index (κ3) is 24.0. The predicted molar refractivity (Wildman–Crippen MR) is 164 cm³/mol. The van der Waals surface area contributed by atoms with E-state index in [1.807, 2.05) is 4.90 Å². The molecule has 1 atom stereocenters. The first kappa shape index (κ1) is 37.4. The summed E-state index contributed by atoms with van der Waals surface area (Å²) >= 11 is 0. The van der Waals surface area contributed by atoms with Gasteiger partial charge in [0.05, 0.1) is 0 Å². The molecular formula is C33H64N2O4. The van der Waals surface area contributed by atoms with Crippen LogP contribution in [0.5, 0.6) is 0 Å². The topological polar surface area (TPSA) is 86.7 Å². The zero-order valence-corrected chi connectivity index (χ0v) is 26.1. The van der Waals surface area contributed by atoms with E-state index in [4.69, 9.17) is 0 Å². The number of aliphatic carboxylic acids is 1. The molecule has 0 spiro atoms. The van der Waals surface area contributed by atoms with Crippen molar-refractivity contribution in [3.05, 3.63) is 0 Å². The number of carboxylic acids is 1. The molecule has 0 heterocycles. The highest BCUT2D eigenvalue weighted by atomic mass is 16.4. The van der Waals surface area contributed by atoms with Gasteiger partial charge in [0.1, 0.15) is 6.04 Å². The Hall–Kier alpha value is -1.59. The predicted octanol–water partition coefficient (Wildman–Crippen LogP) is 8.81. The Balaban J connectivity index is 4.81. The Morgan fingerprint density at radius 1 is 0.564 bits per heavy atom. The number of carbonyl (C=O) groups is 3. The fourth-order valence-corrected chi connectivity index (χ4v) is 5.11. The molecule has 0 unspecified atom stereocenters. The first-order valence-corrected chi connectivity index (χ1v) is 16.8. The normalized spacial score (nSPS) is 11.9. The molecule has 0 aliphatic rings. The highest BCUT2D eigenvalue weighted by Gasteiger charge is 2.26. The molecule has 0 fully saturated rings. The second-order valence-electron chi connectivity index (χ2n) is 11.5. The number of amides is 2. The highest BCUT2D eigenvalue weighted by molar-refractivity contribution is 5.88. The molecule has 2 amide bonds. The number of hydrogen-bond acceptors (Lipinski definition) is 3. The summed E-state index contributed by atoms with van der Waals surface area (Å²) < 4.78 is 0. The molecule has 0 radical (unpaired) electrons. The van der Waals surface area contributed by atoms with Crippen LogP contribution in [0.1, 0.15) is 175 Å². The van der Waals surface area contributed by atoms with Gasteiger partial charge in [0, 0.05) is 25.9 Å². The van der Waals surface area contributed by atoms with E-state index in [-0.39, 0.29) is 24.7 Å². The maximum absolute atomic E-state index is 13.6. The quantitative estimate of drug-likeness (QED) is 0.0908. The molecule has 0 aliphatic carbocycles. The molecule has 0 saturated heterocycles. The van der Waals surface area contributed by atoms with Crippen LogP contribution >= 0.6 is 0 Å². The molecular weight excluding hydrogens is 488 g/mol. The highest BCUT2D eigenvalue weighted by Crippen LogP contribution is 2.13. The van der Waals surface area contributed by atoms with Gasteiger partial charge in [0.25, 0.3) is 0 Å². The Labute approximate surface area is 241 Å². The Bertz CT molecular complexity index is 580. The Morgan fingerprint density at radius 3 is 1.36 bits per heavy atom. The van der Waals surface area contributed by atoms with Crippen LogP contribution in [0.3, 0.4) is 0 Å². The summed E-state index contributed by atoms with van der Waals surface area (Å²) in [5.41, 5.74) is 0. The molecule has 0 aromatic heterocycles. The van der Waals surface area contributed by atoms with Crippen molar-refractivity contribution in [1.29, 1.82) is 0 Å². The monoisotopic (exact) mass is 552 g/mol. The molecule has 0 saturated carbocycles. The average Bonchev–Trinajstić information content (AvgIpc) is 2.92. The second kappa shape index (κ2) is 28.0. The maximum atomic E-state index is 13.6.